The molecule has 0 aromatic rings. The first kappa shape index (κ1) is 12.9. The van der Waals surface area contributed by atoms with E-state index in [4.69, 9.17) is 17.3 Å². The SMILES string of the molecule is N[C@@H]1C(=O)N2C(C(=O)[O-])=C(Cl)CS[C@H]12.[Li+]. The molecule has 8 heteroatoms. The van der Waals surface area contributed by atoms with E-state index in [0.717, 1.165) is 4.90 Å². The van der Waals surface area contributed by atoms with E-state index in [2.05, 4.69) is 0 Å². The molecule has 1 fully saturated rings. The van der Waals surface area contributed by atoms with Gasteiger partial charge in [0.15, 0.2) is 0 Å². The quantitative estimate of drug-likeness (QED) is 0.368. The van der Waals surface area contributed by atoms with Crippen LogP contribution in [-0.2, 0) is 9.59 Å². The molecule has 2 aliphatic heterocycles. The van der Waals surface area contributed by atoms with Crippen molar-refractivity contribution >= 4 is 35.2 Å². The fourth-order valence-corrected chi connectivity index (χ4v) is 2.96. The van der Waals surface area contributed by atoms with Crippen molar-refractivity contribution in [3.63, 3.8) is 0 Å². The summed E-state index contributed by atoms with van der Waals surface area (Å²) in [5.41, 5.74) is 5.26. The van der Waals surface area contributed by atoms with Crippen LogP contribution in [0, 0.1) is 0 Å². The van der Waals surface area contributed by atoms with Crippen LogP contribution in [0.2, 0.25) is 0 Å². The first-order chi connectivity index (χ1) is 6.54. The van der Waals surface area contributed by atoms with Crippen LogP contribution in [0.3, 0.4) is 0 Å². The number of fused-ring (bicyclic) bond motifs is 1. The number of halogens is 1. The molecule has 2 atom stereocenters. The third-order valence-electron chi connectivity index (χ3n) is 2.16. The van der Waals surface area contributed by atoms with Gasteiger partial charge in [-0.1, -0.05) is 11.6 Å². The number of aliphatic carboxylic acids is 1. The number of nitrogens with zero attached hydrogens (tertiary/aromatic N) is 1. The van der Waals surface area contributed by atoms with Crippen LogP contribution in [0.5, 0.6) is 0 Å². The first-order valence-electron chi connectivity index (χ1n) is 3.84. The molecule has 0 aromatic carbocycles. The fraction of sp³-hybridized carbons (Fsp3) is 0.429. The number of thioether (sulfide) groups is 1. The first-order valence-corrected chi connectivity index (χ1v) is 5.27. The van der Waals surface area contributed by atoms with Crippen LogP contribution < -0.4 is 29.7 Å². The molecule has 1 amide bonds. The Labute approximate surface area is 107 Å². The topological polar surface area (TPSA) is 86.5 Å². The van der Waals surface area contributed by atoms with E-state index in [1.165, 1.54) is 11.8 Å². The van der Waals surface area contributed by atoms with Crippen molar-refractivity contribution in [3.05, 3.63) is 10.7 Å². The van der Waals surface area contributed by atoms with E-state index in [1.54, 1.807) is 0 Å². The Balaban J connectivity index is 0.00000112. The summed E-state index contributed by atoms with van der Waals surface area (Å²) in [4.78, 5) is 23.1. The van der Waals surface area contributed by atoms with E-state index in [9.17, 15) is 14.7 Å². The Bertz CT molecular complexity index is 362. The van der Waals surface area contributed by atoms with Gasteiger partial charge in [-0.2, -0.15) is 0 Å². The molecular weight excluding hydrogens is 235 g/mol. The minimum Gasteiger partial charge on any atom is -0.543 e. The molecule has 0 aromatic heterocycles. The van der Waals surface area contributed by atoms with Crippen LogP contribution >= 0.6 is 23.4 Å². The second-order valence-electron chi connectivity index (χ2n) is 2.98. The zero-order valence-corrected chi connectivity index (χ0v) is 9.47. The number of hydrogen-bond donors (Lipinski definition) is 1. The van der Waals surface area contributed by atoms with Gasteiger partial charge in [0.05, 0.1) is 16.7 Å². The average molecular weight is 241 g/mol. The summed E-state index contributed by atoms with van der Waals surface area (Å²) >= 11 is 7.04. The summed E-state index contributed by atoms with van der Waals surface area (Å²) in [6.07, 6.45) is 0. The van der Waals surface area contributed by atoms with Crippen molar-refractivity contribution in [3.8, 4) is 0 Å². The Morgan fingerprint density at radius 2 is 2.27 bits per heavy atom. The van der Waals surface area contributed by atoms with Gasteiger partial charge >= 0.3 is 18.9 Å². The number of β-lactam (4-membered cyclic amide) rings is 1. The van der Waals surface area contributed by atoms with Gasteiger partial charge in [0, 0.05) is 5.75 Å². The maximum atomic E-state index is 11.3. The largest absolute Gasteiger partial charge is 1.00 e. The fourth-order valence-electron chi connectivity index (χ4n) is 1.47. The normalized spacial score (nSPS) is 29.2. The van der Waals surface area contributed by atoms with Crippen molar-refractivity contribution in [2.45, 2.75) is 11.4 Å². The maximum Gasteiger partial charge on any atom is 1.00 e. The Morgan fingerprint density at radius 3 is 2.80 bits per heavy atom. The van der Waals surface area contributed by atoms with Crippen molar-refractivity contribution < 1.29 is 33.6 Å². The van der Waals surface area contributed by atoms with Crippen LogP contribution in [0.15, 0.2) is 10.7 Å². The third-order valence-corrected chi connectivity index (χ3v) is 3.93. The summed E-state index contributed by atoms with van der Waals surface area (Å²) in [6, 6.07) is -0.626. The predicted molar refractivity (Wildman–Crippen MR) is 49.0 cm³/mol. The van der Waals surface area contributed by atoms with Crippen LogP contribution in [-0.4, -0.2) is 33.9 Å². The summed E-state index contributed by atoms with van der Waals surface area (Å²) < 4.78 is 0. The van der Waals surface area contributed by atoms with E-state index < -0.39 is 17.9 Å². The minimum atomic E-state index is -1.43. The average Bonchev–Trinajstić information content (AvgIpc) is 2.15. The van der Waals surface area contributed by atoms with E-state index in [1.807, 2.05) is 0 Å². The molecule has 0 spiro atoms. The molecule has 2 rings (SSSR count). The van der Waals surface area contributed by atoms with E-state index in [0.29, 0.717) is 5.75 Å². The summed E-state index contributed by atoms with van der Waals surface area (Å²) in [5, 5.41) is 10.5. The van der Waals surface area contributed by atoms with Gasteiger partial charge < -0.3 is 15.6 Å². The molecule has 0 bridgehead atoms. The molecule has 15 heavy (non-hydrogen) atoms. The Kier molecular flexibility index (Phi) is 3.79. The molecule has 0 unspecified atom stereocenters. The maximum absolute atomic E-state index is 11.3. The van der Waals surface area contributed by atoms with Gasteiger partial charge in [-0.15, -0.1) is 11.8 Å². The number of rotatable bonds is 1. The van der Waals surface area contributed by atoms with Crippen molar-refractivity contribution in [2.24, 2.45) is 5.73 Å². The molecule has 5 nitrogen and oxygen atoms in total. The van der Waals surface area contributed by atoms with Crippen molar-refractivity contribution in [1.29, 1.82) is 0 Å². The van der Waals surface area contributed by atoms with Gasteiger partial charge in [0.1, 0.15) is 11.4 Å². The smallest absolute Gasteiger partial charge is 0.543 e. The monoisotopic (exact) mass is 240 g/mol. The molecule has 2 heterocycles. The van der Waals surface area contributed by atoms with Crippen molar-refractivity contribution in [1.82, 2.24) is 4.90 Å². The van der Waals surface area contributed by atoms with Gasteiger partial charge in [0.2, 0.25) is 5.91 Å². The van der Waals surface area contributed by atoms with E-state index >= 15 is 0 Å². The van der Waals surface area contributed by atoms with E-state index in [-0.39, 0.29) is 35.0 Å². The molecule has 1 saturated heterocycles. The molecule has 2 aliphatic rings. The third kappa shape index (κ3) is 1.81. The molecule has 0 aliphatic carbocycles. The number of amides is 1. The predicted octanol–water partition coefficient (Wildman–Crippen LogP) is -4.57. The molecule has 0 radical (unpaired) electrons. The van der Waals surface area contributed by atoms with Crippen LogP contribution in [0.1, 0.15) is 0 Å². The second-order valence-corrected chi connectivity index (χ2v) is 4.54. The summed E-state index contributed by atoms with van der Waals surface area (Å²) in [6.45, 7) is 0. The molecule has 76 valence electrons. The van der Waals surface area contributed by atoms with Gasteiger partial charge in [0.25, 0.3) is 0 Å². The number of hydrogen-bond acceptors (Lipinski definition) is 5. The minimum absolute atomic E-state index is 0. The van der Waals surface area contributed by atoms with Gasteiger partial charge in [-0.05, 0) is 0 Å². The molecule has 2 N–H and O–H groups in total. The number of carboxylic acid groups (broad SMARTS) is 1. The van der Waals surface area contributed by atoms with Gasteiger partial charge in [-0.25, -0.2) is 0 Å². The number of carbonyl (C=O) groups is 2. The standard InChI is InChI=1S/C7H7ClN2O3S.Li/c8-2-1-14-6-3(9)5(11)10(6)4(2)7(12)13;/h3,6H,1,9H2,(H,12,13);/q;+1/p-1/t3-,6-;/m1./s1. The van der Waals surface area contributed by atoms with Gasteiger partial charge in [-0.3, -0.25) is 9.69 Å². The van der Waals surface area contributed by atoms with Crippen LogP contribution in [0.4, 0.5) is 0 Å². The number of carboxylic acids is 1. The van der Waals surface area contributed by atoms with Crippen LogP contribution in [0.25, 0.3) is 0 Å². The Morgan fingerprint density at radius 1 is 1.67 bits per heavy atom. The molecule has 0 saturated carbocycles. The number of nitrogens with two attached hydrogens (primary N) is 1. The van der Waals surface area contributed by atoms with Crippen molar-refractivity contribution in [2.75, 3.05) is 5.75 Å². The summed E-state index contributed by atoms with van der Waals surface area (Å²) in [5.74, 6) is -1.49. The summed E-state index contributed by atoms with van der Waals surface area (Å²) in [7, 11) is 0. The zero-order valence-electron chi connectivity index (χ0n) is 7.90. The number of carbonyl (C=O) groups excluding carboxylic acids is 2. The zero-order chi connectivity index (χ0) is 10.5. The molecular formula is C7H6ClLiN2O3S. The second kappa shape index (κ2) is 4.40. The Hall–Kier alpha value is -0.123.